The second-order valence-corrected chi connectivity index (χ2v) is 6.21. The first-order chi connectivity index (χ1) is 12.2. The number of rotatable bonds is 7. The topological polar surface area (TPSA) is 59.1 Å². The van der Waals surface area contributed by atoms with E-state index in [-0.39, 0.29) is 0 Å². The van der Waals surface area contributed by atoms with Gasteiger partial charge in [-0.3, -0.25) is 0 Å². The second-order valence-electron chi connectivity index (χ2n) is 5.77. The molecular formula is C19H21ClN4O. The molecule has 1 aromatic heterocycles. The van der Waals surface area contributed by atoms with E-state index in [0.717, 1.165) is 40.9 Å². The van der Waals surface area contributed by atoms with Crippen LogP contribution in [0.4, 0.5) is 17.5 Å². The van der Waals surface area contributed by atoms with Gasteiger partial charge in [0.25, 0.3) is 0 Å². The summed E-state index contributed by atoms with van der Waals surface area (Å²) in [4.78, 5) is 9.26. The van der Waals surface area contributed by atoms with Crippen molar-refractivity contribution in [1.29, 1.82) is 0 Å². The van der Waals surface area contributed by atoms with E-state index < -0.39 is 0 Å². The van der Waals surface area contributed by atoms with Crippen molar-refractivity contribution in [3.05, 3.63) is 53.1 Å². The van der Waals surface area contributed by atoms with Gasteiger partial charge in [-0.1, -0.05) is 29.8 Å². The molecule has 0 fully saturated rings. The molecule has 1 heterocycles. The van der Waals surface area contributed by atoms with E-state index in [4.69, 9.17) is 16.3 Å². The number of hydrogen-bond acceptors (Lipinski definition) is 5. The van der Waals surface area contributed by atoms with Gasteiger partial charge in [0, 0.05) is 36.4 Å². The molecule has 0 aliphatic rings. The van der Waals surface area contributed by atoms with Crippen LogP contribution in [0.2, 0.25) is 5.02 Å². The van der Waals surface area contributed by atoms with Crippen molar-refractivity contribution in [2.75, 3.05) is 30.9 Å². The van der Waals surface area contributed by atoms with Crippen LogP contribution < -0.4 is 10.6 Å². The molecule has 0 aliphatic carbocycles. The predicted octanol–water partition coefficient (Wildman–Crippen LogP) is 4.78. The van der Waals surface area contributed by atoms with E-state index in [1.807, 2.05) is 49.4 Å². The second kappa shape index (κ2) is 8.14. The Labute approximate surface area is 152 Å². The number of fused-ring (bicyclic) bond motifs is 1. The SMILES string of the molecule is COCCCNc1nc(Nc2cc(Cl)ccc2C)nc2ccccc12. The third-order valence-corrected chi connectivity index (χ3v) is 4.10. The first kappa shape index (κ1) is 17.5. The van der Waals surface area contributed by atoms with Gasteiger partial charge < -0.3 is 15.4 Å². The number of methoxy groups -OCH3 is 1. The molecule has 130 valence electrons. The molecule has 0 bridgehead atoms. The summed E-state index contributed by atoms with van der Waals surface area (Å²) in [6.07, 6.45) is 0.908. The zero-order valence-electron chi connectivity index (χ0n) is 14.3. The Hall–Kier alpha value is -2.37. The lowest BCUT2D eigenvalue weighted by Gasteiger charge is -2.13. The van der Waals surface area contributed by atoms with Crippen molar-refractivity contribution in [3.63, 3.8) is 0 Å². The summed E-state index contributed by atoms with van der Waals surface area (Å²) in [7, 11) is 1.70. The fourth-order valence-electron chi connectivity index (χ4n) is 2.54. The van der Waals surface area contributed by atoms with Crippen LogP contribution in [0.25, 0.3) is 10.9 Å². The summed E-state index contributed by atoms with van der Waals surface area (Å²) < 4.78 is 5.10. The summed E-state index contributed by atoms with van der Waals surface area (Å²) in [5.74, 6) is 1.35. The van der Waals surface area contributed by atoms with E-state index in [1.165, 1.54) is 0 Å². The normalized spacial score (nSPS) is 10.8. The summed E-state index contributed by atoms with van der Waals surface area (Å²) in [6, 6.07) is 13.7. The molecule has 5 nitrogen and oxygen atoms in total. The Morgan fingerprint density at radius 1 is 1.12 bits per heavy atom. The molecule has 0 amide bonds. The highest BCUT2D eigenvalue weighted by atomic mass is 35.5. The van der Waals surface area contributed by atoms with E-state index in [2.05, 4.69) is 20.6 Å². The summed E-state index contributed by atoms with van der Waals surface area (Å²) in [6.45, 7) is 3.51. The molecule has 3 rings (SSSR count). The average molecular weight is 357 g/mol. The van der Waals surface area contributed by atoms with Crippen LogP contribution in [0.3, 0.4) is 0 Å². The lowest BCUT2D eigenvalue weighted by Crippen LogP contribution is -2.08. The van der Waals surface area contributed by atoms with Gasteiger partial charge in [0.1, 0.15) is 5.82 Å². The van der Waals surface area contributed by atoms with Crippen LogP contribution in [0.5, 0.6) is 0 Å². The fraction of sp³-hybridized carbons (Fsp3) is 0.263. The van der Waals surface area contributed by atoms with Crippen molar-refractivity contribution in [3.8, 4) is 0 Å². The third kappa shape index (κ3) is 4.38. The van der Waals surface area contributed by atoms with E-state index in [9.17, 15) is 0 Å². The number of aryl methyl sites for hydroxylation is 1. The molecule has 0 atom stereocenters. The van der Waals surface area contributed by atoms with Crippen molar-refractivity contribution in [1.82, 2.24) is 9.97 Å². The van der Waals surface area contributed by atoms with Gasteiger partial charge >= 0.3 is 0 Å². The Morgan fingerprint density at radius 3 is 2.80 bits per heavy atom. The molecular weight excluding hydrogens is 336 g/mol. The summed E-state index contributed by atoms with van der Waals surface area (Å²) in [5.41, 5.74) is 2.86. The molecule has 0 saturated heterocycles. The number of nitrogens with zero attached hydrogens (tertiary/aromatic N) is 2. The minimum absolute atomic E-state index is 0.540. The maximum Gasteiger partial charge on any atom is 0.229 e. The quantitative estimate of drug-likeness (QED) is 0.596. The third-order valence-electron chi connectivity index (χ3n) is 3.87. The maximum absolute atomic E-state index is 6.10. The number of aromatic nitrogens is 2. The number of ether oxygens (including phenoxy) is 1. The number of anilines is 3. The minimum Gasteiger partial charge on any atom is -0.385 e. The zero-order chi connectivity index (χ0) is 17.6. The highest BCUT2D eigenvalue weighted by Gasteiger charge is 2.09. The fourth-order valence-corrected chi connectivity index (χ4v) is 2.71. The molecule has 0 spiro atoms. The smallest absolute Gasteiger partial charge is 0.229 e. The Bertz CT molecular complexity index is 869. The molecule has 0 aliphatic heterocycles. The highest BCUT2D eigenvalue weighted by molar-refractivity contribution is 6.30. The van der Waals surface area contributed by atoms with Crippen molar-refractivity contribution < 1.29 is 4.74 Å². The van der Waals surface area contributed by atoms with Crippen LogP contribution in [0.15, 0.2) is 42.5 Å². The van der Waals surface area contributed by atoms with Crippen LogP contribution >= 0.6 is 11.6 Å². The number of para-hydroxylation sites is 1. The van der Waals surface area contributed by atoms with Gasteiger partial charge in [0.05, 0.1) is 5.52 Å². The van der Waals surface area contributed by atoms with E-state index >= 15 is 0 Å². The molecule has 0 unspecified atom stereocenters. The van der Waals surface area contributed by atoms with Crippen LogP contribution in [-0.2, 0) is 4.74 Å². The predicted molar refractivity (Wildman–Crippen MR) is 104 cm³/mol. The van der Waals surface area contributed by atoms with Crippen molar-refractivity contribution >= 4 is 40.0 Å². The van der Waals surface area contributed by atoms with Crippen molar-refractivity contribution in [2.45, 2.75) is 13.3 Å². The Morgan fingerprint density at radius 2 is 1.96 bits per heavy atom. The molecule has 2 aromatic carbocycles. The average Bonchev–Trinajstić information content (AvgIpc) is 2.62. The molecule has 2 N–H and O–H groups in total. The van der Waals surface area contributed by atoms with E-state index in [0.29, 0.717) is 17.6 Å². The van der Waals surface area contributed by atoms with Gasteiger partial charge in [-0.25, -0.2) is 4.98 Å². The first-order valence-electron chi connectivity index (χ1n) is 8.20. The van der Waals surface area contributed by atoms with Gasteiger partial charge in [-0.2, -0.15) is 4.98 Å². The number of halogens is 1. The van der Waals surface area contributed by atoms with Crippen molar-refractivity contribution in [2.24, 2.45) is 0 Å². The summed E-state index contributed by atoms with van der Waals surface area (Å²) in [5, 5.41) is 8.32. The van der Waals surface area contributed by atoms with Gasteiger partial charge in [0.2, 0.25) is 5.95 Å². The van der Waals surface area contributed by atoms with Crippen LogP contribution in [-0.4, -0.2) is 30.2 Å². The Balaban J connectivity index is 1.91. The zero-order valence-corrected chi connectivity index (χ0v) is 15.1. The van der Waals surface area contributed by atoms with Gasteiger partial charge in [-0.15, -0.1) is 0 Å². The monoisotopic (exact) mass is 356 g/mol. The first-order valence-corrected chi connectivity index (χ1v) is 8.58. The lowest BCUT2D eigenvalue weighted by molar-refractivity contribution is 0.198. The number of nitrogens with one attached hydrogen (secondary N) is 2. The lowest BCUT2D eigenvalue weighted by atomic mass is 10.2. The highest BCUT2D eigenvalue weighted by Crippen LogP contribution is 2.26. The molecule has 25 heavy (non-hydrogen) atoms. The number of hydrogen-bond donors (Lipinski definition) is 2. The molecule has 6 heteroatoms. The minimum atomic E-state index is 0.540. The Kier molecular flexibility index (Phi) is 5.68. The summed E-state index contributed by atoms with van der Waals surface area (Å²) >= 11 is 6.10. The van der Waals surface area contributed by atoms with E-state index in [1.54, 1.807) is 7.11 Å². The largest absolute Gasteiger partial charge is 0.385 e. The van der Waals surface area contributed by atoms with Crippen LogP contribution in [0.1, 0.15) is 12.0 Å². The molecule has 3 aromatic rings. The van der Waals surface area contributed by atoms with Crippen LogP contribution in [0, 0.1) is 6.92 Å². The standard InChI is InChI=1S/C19H21ClN4O/c1-13-8-9-14(20)12-17(13)23-19-22-16-7-4-3-6-15(16)18(24-19)21-10-5-11-25-2/h3-4,6-9,12H,5,10-11H2,1-2H3,(H2,21,22,23,24). The number of benzene rings is 2. The molecule has 0 radical (unpaired) electrons. The molecule has 0 saturated carbocycles. The van der Waals surface area contributed by atoms with Gasteiger partial charge in [0.15, 0.2) is 0 Å². The van der Waals surface area contributed by atoms with Gasteiger partial charge in [-0.05, 0) is 43.2 Å². The maximum atomic E-state index is 6.10.